The number of methoxy groups -OCH3 is 2. The van der Waals surface area contributed by atoms with Gasteiger partial charge in [-0.3, -0.25) is 4.90 Å². The lowest BCUT2D eigenvalue weighted by atomic mass is 10.1. The van der Waals surface area contributed by atoms with Crippen LogP contribution in [0, 0.1) is 0 Å². The van der Waals surface area contributed by atoms with Crippen LogP contribution < -0.4 is 4.74 Å². The maximum atomic E-state index is 12.1. The van der Waals surface area contributed by atoms with E-state index in [2.05, 4.69) is 21.6 Å². The van der Waals surface area contributed by atoms with Crippen molar-refractivity contribution in [1.82, 2.24) is 9.80 Å². The lowest BCUT2D eigenvalue weighted by Crippen LogP contribution is -2.44. The number of benzene rings is 1. The van der Waals surface area contributed by atoms with E-state index in [0.29, 0.717) is 17.3 Å². The Morgan fingerprint density at radius 3 is 2.40 bits per heavy atom. The summed E-state index contributed by atoms with van der Waals surface area (Å²) in [7, 11) is 4.64. The van der Waals surface area contributed by atoms with Gasteiger partial charge in [-0.05, 0) is 19.2 Å². The summed E-state index contributed by atoms with van der Waals surface area (Å²) >= 11 is 6.17. The number of halogens is 1. The summed E-state index contributed by atoms with van der Waals surface area (Å²) in [5.41, 5.74) is 0.935. The van der Waals surface area contributed by atoms with Gasteiger partial charge in [0.1, 0.15) is 11.3 Å². The van der Waals surface area contributed by atoms with Crippen LogP contribution in [-0.2, 0) is 20.8 Å². The number of nitrogens with zero attached hydrogens (tertiary/aromatic N) is 2. The molecule has 7 nitrogen and oxygen atoms in total. The van der Waals surface area contributed by atoms with Crippen LogP contribution in [-0.4, -0.2) is 75.8 Å². The highest BCUT2D eigenvalue weighted by atomic mass is 35.5. The summed E-state index contributed by atoms with van der Waals surface area (Å²) in [5, 5.41) is 0.412. The molecule has 1 heterocycles. The summed E-state index contributed by atoms with van der Waals surface area (Å²) in [6.45, 7) is 3.98. The maximum Gasteiger partial charge on any atom is 0.343 e. The first-order valence-corrected chi connectivity index (χ1v) is 8.33. The number of hydrogen-bond acceptors (Lipinski definition) is 7. The van der Waals surface area contributed by atoms with Crippen LogP contribution in [0.1, 0.15) is 15.9 Å². The molecule has 0 unspecified atom stereocenters. The molecule has 1 saturated heterocycles. The van der Waals surface area contributed by atoms with Gasteiger partial charge in [0, 0.05) is 43.3 Å². The van der Waals surface area contributed by atoms with Crippen molar-refractivity contribution >= 4 is 23.5 Å². The average Bonchev–Trinajstić information content (AvgIpc) is 2.61. The Kier molecular flexibility index (Phi) is 7.04. The summed E-state index contributed by atoms with van der Waals surface area (Å²) in [6.07, 6.45) is 0. The number of hydrogen-bond donors (Lipinski definition) is 0. The zero-order valence-corrected chi connectivity index (χ0v) is 15.5. The fourth-order valence-electron chi connectivity index (χ4n) is 2.64. The first-order valence-electron chi connectivity index (χ1n) is 7.95. The Balaban J connectivity index is 2.29. The summed E-state index contributed by atoms with van der Waals surface area (Å²) in [4.78, 5) is 28.0. The van der Waals surface area contributed by atoms with E-state index in [1.807, 2.05) is 0 Å². The molecule has 1 aliphatic heterocycles. The molecule has 0 aromatic heterocycles. The highest BCUT2D eigenvalue weighted by molar-refractivity contribution is 6.31. The molecule has 1 aromatic carbocycles. The second-order valence-corrected chi connectivity index (χ2v) is 6.31. The zero-order valence-electron chi connectivity index (χ0n) is 14.7. The zero-order chi connectivity index (χ0) is 18.4. The van der Waals surface area contributed by atoms with Crippen LogP contribution in [0.2, 0.25) is 5.02 Å². The third-order valence-corrected chi connectivity index (χ3v) is 4.31. The highest BCUT2D eigenvalue weighted by Crippen LogP contribution is 2.30. The topological polar surface area (TPSA) is 68.3 Å². The Labute approximate surface area is 152 Å². The van der Waals surface area contributed by atoms with Crippen molar-refractivity contribution in [1.29, 1.82) is 0 Å². The van der Waals surface area contributed by atoms with E-state index in [-0.39, 0.29) is 12.2 Å². The lowest BCUT2D eigenvalue weighted by Gasteiger charge is -2.32. The van der Waals surface area contributed by atoms with Gasteiger partial charge < -0.3 is 19.1 Å². The lowest BCUT2D eigenvalue weighted by molar-refractivity contribution is -0.142. The van der Waals surface area contributed by atoms with Crippen LogP contribution in [0.3, 0.4) is 0 Å². The molecule has 0 spiro atoms. The second-order valence-electron chi connectivity index (χ2n) is 5.88. The monoisotopic (exact) mass is 370 g/mol. The van der Waals surface area contributed by atoms with E-state index in [9.17, 15) is 9.59 Å². The van der Waals surface area contributed by atoms with Gasteiger partial charge in [-0.2, -0.15) is 0 Å². The van der Waals surface area contributed by atoms with Crippen LogP contribution in [0.5, 0.6) is 5.75 Å². The number of ether oxygens (including phenoxy) is 3. The van der Waals surface area contributed by atoms with Crippen molar-refractivity contribution in [2.75, 3.05) is 54.1 Å². The third kappa shape index (κ3) is 5.32. The number of carbonyl (C=O) groups is 2. The standard InChI is InChI=1S/C17H23ClN2O5/c1-19-4-6-20(7-5-19)10-12-8-13(18)9-14(17(22)24-3)16(12)25-11-15(21)23-2/h8-9H,4-7,10-11H2,1-3H3. The normalized spacial score (nSPS) is 15.7. The van der Waals surface area contributed by atoms with Gasteiger partial charge in [-0.1, -0.05) is 11.6 Å². The summed E-state index contributed by atoms with van der Waals surface area (Å²) < 4.78 is 15.0. The van der Waals surface area contributed by atoms with Gasteiger partial charge in [0.25, 0.3) is 0 Å². The Morgan fingerprint density at radius 2 is 1.80 bits per heavy atom. The smallest absolute Gasteiger partial charge is 0.343 e. The molecule has 0 N–H and O–H groups in total. The van der Waals surface area contributed by atoms with Crippen LogP contribution in [0.4, 0.5) is 0 Å². The molecule has 0 bridgehead atoms. The molecule has 8 heteroatoms. The first kappa shape index (κ1) is 19.5. The molecule has 138 valence electrons. The minimum absolute atomic E-state index is 0.197. The molecule has 0 saturated carbocycles. The Hall–Kier alpha value is -1.83. The van der Waals surface area contributed by atoms with Gasteiger partial charge in [0.05, 0.1) is 14.2 Å². The van der Waals surface area contributed by atoms with Gasteiger partial charge in [0.15, 0.2) is 6.61 Å². The molecule has 0 atom stereocenters. The maximum absolute atomic E-state index is 12.1. The second kappa shape index (κ2) is 9.03. The quantitative estimate of drug-likeness (QED) is 0.701. The van der Waals surface area contributed by atoms with E-state index in [0.717, 1.165) is 31.7 Å². The molecule has 0 amide bonds. The number of carbonyl (C=O) groups excluding carboxylic acids is 2. The van der Waals surface area contributed by atoms with Gasteiger partial charge in [-0.25, -0.2) is 9.59 Å². The van der Waals surface area contributed by atoms with Crippen LogP contribution >= 0.6 is 11.6 Å². The summed E-state index contributed by atoms with van der Waals surface area (Å²) in [5.74, 6) is -0.793. The van der Waals surface area contributed by atoms with Crippen molar-refractivity contribution in [2.45, 2.75) is 6.54 Å². The summed E-state index contributed by atoms with van der Waals surface area (Å²) in [6, 6.07) is 3.23. The molecule has 25 heavy (non-hydrogen) atoms. The number of rotatable bonds is 6. The number of piperazine rings is 1. The Morgan fingerprint density at radius 1 is 1.12 bits per heavy atom. The minimum Gasteiger partial charge on any atom is -0.481 e. The number of esters is 2. The van der Waals surface area contributed by atoms with Gasteiger partial charge in [-0.15, -0.1) is 0 Å². The predicted octanol–water partition coefficient (Wildman–Crippen LogP) is 1.43. The van der Waals surface area contributed by atoms with Crippen LogP contribution in [0.15, 0.2) is 12.1 Å². The van der Waals surface area contributed by atoms with Crippen molar-refractivity contribution < 1.29 is 23.8 Å². The van der Waals surface area contributed by atoms with Crippen molar-refractivity contribution in [3.05, 3.63) is 28.3 Å². The van der Waals surface area contributed by atoms with E-state index in [1.54, 1.807) is 6.07 Å². The fraction of sp³-hybridized carbons (Fsp3) is 0.529. The van der Waals surface area contributed by atoms with Gasteiger partial charge >= 0.3 is 11.9 Å². The molecule has 1 aromatic rings. The molecular weight excluding hydrogens is 348 g/mol. The molecule has 2 rings (SSSR count). The average molecular weight is 371 g/mol. The van der Waals surface area contributed by atoms with E-state index >= 15 is 0 Å². The third-order valence-electron chi connectivity index (χ3n) is 4.09. The molecule has 0 radical (unpaired) electrons. The minimum atomic E-state index is -0.568. The van der Waals surface area contributed by atoms with E-state index in [4.69, 9.17) is 21.1 Å². The predicted molar refractivity (Wildman–Crippen MR) is 93.1 cm³/mol. The molecular formula is C17H23ClN2O5. The molecule has 1 aliphatic rings. The van der Waals surface area contributed by atoms with E-state index in [1.165, 1.54) is 20.3 Å². The van der Waals surface area contributed by atoms with Crippen molar-refractivity contribution in [2.24, 2.45) is 0 Å². The highest BCUT2D eigenvalue weighted by Gasteiger charge is 2.22. The molecule has 1 fully saturated rings. The van der Waals surface area contributed by atoms with Crippen LogP contribution in [0.25, 0.3) is 0 Å². The van der Waals surface area contributed by atoms with E-state index < -0.39 is 11.9 Å². The first-order chi connectivity index (χ1) is 11.9. The number of likely N-dealkylation sites (N-methyl/N-ethyl adjacent to an activating group) is 1. The van der Waals surface area contributed by atoms with Crippen molar-refractivity contribution in [3.63, 3.8) is 0 Å². The van der Waals surface area contributed by atoms with Crippen molar-refractivity contribution in [3.8, 4) is 5.75 Å². The molecule has 0 aliphatic carbocycles. The fourth-order valence-corrected chi connectivity index (χ4v) is 2.88. The Bertz CT molecular complexity index is 630. The van der Waals surface area contributed by atoms with Gasteiger partial charge in [0.2, 0.25) is 0 Å². The largest absolute Gasteiger partial charge is 0.481 e. The SMILES string of the molecule is COC(=O)COc1c(CN2CCN(C)CC2)cc(Cl)cc1C(=O)OC.